The SMILES string of the molecule is COC1=[C+]C=CC=C1n1cccn1.COc1ccc(-n2cccn2)cc1. The number of hydrogen-bond donors (Lipinski definition) is 0. The molecule has 0 spiro atoms. The third kappa shape index (κ3) is 4.06. The zero-order chi connectivity index (χ0) is 18.2. The summed E-state index contributed by atoms with van der Waals surface area (Å²) in [6, 6.07) is 11.5. The van der Waals surface area contributed by atoms with Gasteiger partial charge in [0, 0.05) is 18.6 Å². The van der Waals surface area contributed by atoms with Crippen molar-refractivity contribution in [2.24, 2.45) is 0 Å². The van der Waals surface area contributed by atoms with Crippen molar-refractivity contribution < 1.29 is 9.47 Å². The van der Waals surface area contributed by atoms with Crippen LogP contribution >= 0.6 is 0 Å². The van der Waals surface area contributed by atoms with Crippen LogP contribution in [0.4, 0.5) is 0 Å². The van der Waals surface area contributed by atoms with Crippen LogP contribution in [0.5, 0.6) is 5.75 Å². The Balaban J connectivity index is 0.000000151. The molecule has 1 aliphatic rings. The minimum Gasteiger partial charge on any atom is -0.497 e. The zero-order valence-electron chi connectivity index (χ0n) is 14.6. The smallest absolute Gasteiger partial charge is 0.316 e. The van der Waals surface area contributed by atoms with Crippen LogP contribution in [-0.4, -0.2) is 33.8 Å². The summed E-state index contributed by atoms with van der Waals surface area (Å²) in [6.07, 6.45) is 15.9. The molecule has 3 aromatic rings. The summed E-state index contributed by atoms with van der Waals surface area (Å²) in [7, 11) is 3.28. The highest BCUT2D eigenvalue weighted by Gasteiger charge is 2.18. The second-order valence-electron chi connectivity index (χ2n) is 5.19. The lowest BCUT2D eigenvalue weighted by Gasteiger charge is -2.02. The van der Waals surface area contributed by atoms with Gasteiger partial charge in [-0.25, -0.2) is 4.68 Å². The lowest BCUT2D eigenvalue weighted by atomic mass is 10.2. The Morgan fingerprint density at radius 3 is 2.15 bits per heavy atom. The van der Waals surface area contributed by atoms with Crippen molar-refractivity contribution in [3.05, 3.63) is 91.2 Å². The largest absolute Gasteiger partial charge is 0.497 e. The van der Waals surface area contributed by atoms with Crippen LogP contribution in [0.3, 0.4) is 0 Å². The highest BCUT2D eigenvalue weighted by atomic mass is 16.5. The van der Waals surface area contributed by atoms with Gasteiger partial charge >= 0.3 is 5.76 Å². The fourth-order valence-electron chi connectivity index (χ4n) is 2.32. The predicted molar refractivity (Wildman–Crippen MR) is 99.5 cm³/mol. The van der Waals surface area contributed by atoms with E-state index in [9.17, 15) is 0 Å². The van der Waals surface area contributed by atoms with E-state index in [2.05, 4.69) is 16.3 Å². The van der Waals surface area contributed by atoms with Crippen LogP contribution < -0.4 is 4.74 Å². The Kier molecular flexibility index (Phi) is 5.60. The molecule has 0 saturated carbocycles. The van der Waals surface area contributed by atoms with Crippen LogP contribution in [0.1, 0.15) is 0 Å². The van der Waals surface area contributed by atoms with Gasteiger partial charge < -0.3 is 9.47 Å². The quantitative estimate of drug-likeness (QED) is 0.678. The monoisotopic (exact) mass is 347 g/mol. The molecule has 0 atom stereocenters. The van der Waals surface area contributed by atoms with Crippen LogP contribution in [0.25, 0.3) is 11.4 Å². The van der Waals surface area contributed by atoms with Gasteiger partial charge in [-0.15, -0.1) is 0 Å². The lowest BCUT2D eigenvalue weighted by molar-refractivity contribution is 0.305. The molecule has 0 fully saturated rings. The van der Waals surface area contributed by atoms with Crippen LogP contribution in [0.2, 0.25) is 0 Å². The van der Waals surface area contributed by atoms with Crippen LogP contribution in [0.15, 0.2) is 85.2 Å². The summed E-state index contributed by atoms with van der Waals surface area (Å²) in [4.78, 5) is 0. The standard InChI is InChI=1S/C10H10N2O.C10H9N2O/c1-13-10-5-3-9(4-6-10)12-8-2-7-11-12;1-13-10-6-3-2-5-9(10)12-8-4-7-11-12/h2-8H,1H3;2-5,7-8H,1H3/q;+1. The Bertz CT molecular complexity index is 890. The minimum atomic E-state index is 0.700. The zero-order valence-corrected chi connectivity index (χ0v) is 14.6. The summed E-state index contributed by atoms with van der Waals surface area (Å²) in [6.45, 7) is 0. The topological polar surface area (TPSA) is 54.1 Å². The number of ether oxygens (including phenoxy) is 2. The fraction of sp³-hybridized carbons (Fsp3) is 0.100. The van der Waals surface area contributed by atoms with E-state index >= 15 is 0 Å². The van der Waals surface area contributed by atoms with Crippen LogP contribution in [0, 0.1) is 6.08 Å². The van der Waals surface area contributed by atoms with Gasteiger partial charge in [-0.05, 0) is 36.4 Å². The molecule has 2 aromatic heterocycles. The molecule has 6 heteroatoms. The lowest BCUT2D eigenvalue weighted by Crippen LogP contribution is -2.03. The second-order valence-corrected chi connectivity index (χ2v) is 5.19. The Hall–Kier alpha value is -3.63. The molecule has 4 rings (SSSR count). The first-order valence-electron chi connectivity index (χ1n) is 8.00. The van der Waals surface area contributed by atoms with Gasteiger partial charge in [0.05, 0.1) is 44.3 Å². The molecule has 0 amide bonds. The average molecular weight is 347 g/mol. The van der Waals surface area contributed by atoms with Crippen molar-refractivity contribution in [2.45, 2.75) is 0 Å². The van der Waals surface area contributed by atoms with Crippen molar-refractivity contribution in [2.75, 3.05) is 14.2 Å². The first kappa shape index (κ1) is 17.2. The summed E-state index contributed by atoms with van der Waals surface area (Å²) in [5.41, 5.74) is 1.93. The summed E-state index contributed by atoms with van der Waals surface area (Å²) in [5.74, 6) is 1.56. The molecule has 0 aliphatic heterocycles. The summed E-state index contributed by atoms with van der Waals surface area (Å²) >= 11 is 0. The number of rotatable bonds is 4. The molecule has 6 nitrogen and oxygen atoms in total. The molecule has 2 heterocycles. The Labute approximate surface area is 152 Å². The first-order valence-corrected chi connectivity index (χ1v) is 8.00. The first-order chi connectivity index (χ1) is 12.8. The Morgan fingerprint density at radius 2 is 1.58 bits per heavy atom. The van der Waals surface area contributed by atoms with E-state index < -0.39 is 0 Å². The van der Waals surface area contributed by atoms with Crippen molar-refractivity contribution in [3.8, 4) is 11.4 Å². The van der Waals surface area contributed by atoms with Crippen molar-refractivity contribution in [1.82, 2.24) is 19.6 Å². The third-order valence-electron chi connectivity index (χ3n) is 3.59. The number of aromatic nitrogens is 4. The molecule has 0 bridgehead atoms. The number of benzene rings is 1. The van der Waals surface area contributed by atoms with Crippen LogP contribution in [-0.2, 0) is 4.74 Å². The maximum Gasteiger partial charge on any atom is 0.316 e. The number of hydrogen-bond acceptors (Lipinski definition) is 4. The van der Waals surface area contributed by atoms with Gasteiger partial charge in [0.2, 0.25) is 5.70 Å². The predicted octanol–water partition coefficient (Wildman–Crippen LogP) is 3.51. The summed E-state index contributed by atoms with van der Waals surface area (Å²) < 4.78 is 13.8. The van der Waals surface area contributed by atoms with Gasteiger partial charge in [-0.1, -0.05) is 0 Å². The van der Waals surface area contributed by atoms with E-state index in [4.69, 9.17) is 9.47 Å². The van der Waals surface area contributed by atoms with Crippen molar-refractivity contribution in [1.29, 1.82) is 0 Å². The van der Waals surface area contributed by atoms with E-state index in [-0.39, 0.29) is 0 Å². The van der Waals surface area contributed by atoms with E-state index in [0.717, 1.165) is 17.1 Å². The molecule has 0 N–H and O–H groups in total. The van der Waals surface area contributed by atoms with Crippen molar-refractivity contribution in [3.63, 3.8) is 0 Å². The average Bonchev–Trinajstić information content (AvgIpc) is 3.42. The van der Waals surface area contributed by atoms with E-state index in [0.29, 0.717) is 5.76 Å². The number of allylic oxidation sites excluding steroid dienone is 5. The molecule has 0 saturated heterocycles. The maximum atomic E-state index is 5.15. The molecule has 130 valence electrons. The molecule has 1 aliphatic carbocycles. The number of methoxy groups -OCH3 is 2. The Morgan fingerprint density at radius 1 is 0.885 bits per heavy atom. The molecule has 0 unspecified atom stereocenters. The van der Waals surface area contributed by atoms with Gasteiger partial charge in [-0.3, -0.25) is 0 Å². The van der Waals surface area contributed by atoms with Crippen molar-refractivity contribution >= 4 is 5.70 Å². The highest BCUT2D eigenvalue weighted by Crippen LogP contribution is 2.18. The van der Waals surface area contributed by atoms with E-state index in [1.165, 1.54) is 0 Å². The van der Waals surface area contributed by atoms with Gasteiger partial charge in [-0.2, -0.15) is 14.9 Å². The molecular weight excluding hydrogens is 328 g/mol. The minimum absolute atomic E-state index is 0.700. The molecule has 1 aromatic carbocycles. The maximum absolute atomic E-state index is 5.15. The van der Waals surface area contributed by atoms with E-state index in [1.54, 1.807) is 36.0 Å². The fourth-order valence-corrected chi connectivity index (χ4v) is 2.32. The number of nitrogens with zero attached hydrogens (tertiary/aromatic N) is 4. The third-order valence-corrected chi connectivity index (χ3v) is 3.59. The van der Waals surface area contributed by atoms with E-state index in [1.807, 2.05) is 67.0 Å². The second kappa shape index (κ2) is 8.46. The van der Waals surface area contributed by atoms with Gasteiger partial charge in [0.15, 0.2) is 0 Å². The van der Waals surface area contributed by atoms with Gasteiger partial charge in [0.1, 0.15) is 11.8 Å². The highest BCUT2D eigenvalue weighted by molar-refractivity contribution is 5.64. The molecule has 0 radical (unpaired) electrons. The van der Waals surface area contributed by atoms with Gasteiger partial charge in [0.25, 0.3) is 0 Å². The molecular formula is C20H19N4O2+. The summed E-state index contributed by atoms with van der Waals surface area (Å²) in [5, 5.41) is 8.23. The molecule has 26 heavy (non-hydrogen) atoms. The normalized spacial score (nSPS) is 12.2.